The van der Waals surface area contributed by atoms with Gasteiger partial charge in [0, 0.05) is 6.20 Å². The van der Waals surface area contributed by atoms with Crippen LogP contribution in [0.2, 0.25) is 0 Å². The number of hydrogen-bond acceptors (Lipinski definition) is 1. The Balaban J connectivity index is 0.000000490. The molecule has 1 nitrogen and oxygen atoms in total. The Labute approximate surface area is 73.3 Å². The molecule has 0 aliphatic carbocycles. The average molecular weight is 224 g/mol. The normalized spacial score (nSPS) is 7.50. The van der Waals surface area contributed by atoms with Gasteiger partial charge < -0.3 is 4.98 Å². The van der Waals surface area contributed by atoms with E-state index in [-0.39, 0.29) is 27.3 Å². The molecule has 0 saturated heterocycles. The van der Waals surface area contributed by atoms with Crippen LogP contribution in [0.1, 0.15) is 0 Å². The zero-order valence-corrected chi connectivity index (χ0v) is 9.28. The van der Waals surface area contributed by atoms with Crippen LogP contribution in [0, 0.1) is 4.64 Å². The first-order valence-electron chi connectivity index (χ1n) is 2.03. The predicted octanol–water partition coefficient (Wildman–Crippen LogP) is 1.74. The number of rotatable bonds is 0. The van der Waals surface area contributed by atoms with Crippen LogP contribution in [0.25, 0.3) is 0 Å². The molecule has 1 rings (SSSR count). The zero-order chi connectivity index (χ0) is 5.11. The number of pyridine rings is 1. The predicted molar refractivity (Wildman–Crippen MR) is 31.6 cm³/mol. The standard InChI is InChI=1S/C5H5NS.Cd/c7-5-3-1-2-4-6-5;/h1-4H,(H,6,7);/q;+2. The van der Waals surface area contributed by atoms with E-state index in [1.807, 2.05) is 24.4 Å². The third-order valence-electron chi connectivity index (χ3n) is 0.681. The zero-order valence-electron chi connectivity index (χ0n) is 4.42. The molecule has 1 aromatic heterocycles. The third kappa shape index (κ3) is 2.56. The summed E-state index contributed by atoms with van der Waals surface area (Å²) in [7, 11) is 0. The van der Waals surface area contributed by atoms with Gasteiger partial charge in [-0.3, -0.25) is 0 Å². The second-order valence-electron chi connectivity index (χ2n) is 1.23. The van der Waals surface area contributed by atoms with Crippen LogP contribution in [0.4, 0.5) is 0 Å². The Bertz CT molecular complexity index is 178. The monoisotopic (exact) mass is 225 g/mol. The summed E-state index contributed by atoms with van der Waals surface area (Å²) in [4.78, 5) is 2.85. The van der Waals surface area contributed by atoms with E-state index >= 15 is 0 Å². The van der Waals surface area contributed by atoms with Crippen LogP contribution in [0.3, 0.4) is 0 Å². The molecular formula is C5H5CdNS+2. The Hall–Kier alpha value is 0.292. The van der Waals surface area contributed by atoms with Crippen LogP contribution < -0.4 is 0 Å². The van der Waals surface area contributed by atoms with Crippen LogP contribution in [0.5, 0.6) is 0 Å². The van der Waals surface area contributed by atoms with Crippen molar-refractivity contribution >= 4 is 12.2 Å². The Morgan fingerprint density at radius 2 is 2.12 bits per heavy atom. The van der Waals surface area contributed by atoms with Crippen molar-refractivity contribution in [2.75, 3.05) is 0 Å². The van der Waals surface area contributed by atoms with Crippen molar-refractivity contribution in [3.8, 4) is 0 Å². The summed E-state index contributed by atoms with van der Waals surface area (Å²) in [6.45, 7) is 0. The van der Waals surface area contributed by atoms with E-state index < -0.39 is 0 Å². The smallest absolute Gasteiger partial charge is 0.353 e. The summed E-state index contributed by atoms with van der Waals surface area (Å²) in [5, 5.41) is 0. The third-order valence-corrected chi connectivity index (χ3v) is 0.934. The number of aromatic amines is 1. The van der Waals surface area contributed by atoms with Gasteiger partial charge in [0.15, 0.2) is 0 Å². The molecule has 1 N–H and O–H groups in total. The molecule has 0 spiro atoms. The van der Waals surface area contributed by atoms with Gasteiger partial charge in [-0.2, -0.15) is 0 Å². The maximum atomic E-state index is 4.76. The minimum atomic E-state index is 0. The fourth-order valence-electron chi connectivity index (χ4n) is 0.377. The topological polar surface area (TPSA) is 15.8 Å². The average Bonchev–Trinajstić information content (AvgIpc) is 1.69. The van der Waals surface area contributed by atoms with Crippen molar-refractivity contribution in [2.24, 2.45) is 0 Å². The molecule has 0 fully saturated rings. The van der Waals surface area contributed by atoms with Crippen LogP contribution in [0.15, 0.2) is 24.4 Å². The first kappa shape index (κ1) is 8.29. The minimum absolute atomic E-state index is 0. The van der Waals surface area contributed by atoms with Gasteiger partial charge in [-0.25, -0.2) is 0 Å². The maximum absolute atomic E-state index is 4.76. The molecule has 0 saturated carbocycles. The van der Waals surface area contributed by atoms with Crippen molar-refractivity contribution in [1.82, 2.24) is 4.98 Å². The molecule has 0 amide bonds. The maximum Gasteiger partial charge on any atom is 2.00 e. The van der Waals surface area contributed by atoms with E-state index in [0.29, 0.717) is 0 Å². The van der Waals surface area contributed by atoms with E-state index in [4.69, 9.17) is 12.2 Å². The van der Waals surface area contributed by atoms with Crippen LogP contribution in [-0.2, 0) is 27.3 Å². The van der Waals surface area contributed by atoms with Crippen LogP contribution in [-0.4, -0.2) is 4.98 Å². The van der Waals surface area contributed by atoms with Gasteiger partial charge in [-0.1, -0.05) is 18.3 Å². The summed E-state index contributed by atoms with van der Waals surface area (Å²) in [5.41, 5.74) is 0. The van der Waals surface area contributed by atoms with Gasteiger partial charge in [-0.15, -0.1) is 0 Å². The molecule has 0 unspecified atom stereocenters. The molecule has 1 aromatic rings. The van der Waals surface area contributed by atoms with Crippen molar-refractivity contribution in [1.29, 1.82) is 0 Å². The Kier molecular flexibility index (Phi) is 4.35. The van der Waals surface area contributed by atoms with Crippen molar-refractivity contribution < 1.29 is 27.3 Å². The molecule has 0 radical (unpaired) electrons. The van der Waals surface area contributed by atoms with Crippen molar-refractivity contribution in [3.63, 3.8) is 0 Å². The molecule has 0 aliphatic rings. The van der Waals surface area contributed by atoms with Crippen molar-refractivity contribution in [3.05, 3.63) is 29.0 Å². The molecule has 0 atom stereocenters. The minimum Gasteiger partial charge on any atom is -0.353 e. The van der Waals surface area contributed by atoms with E-state index in [1.165, 1.54) is 0 Å². The molecule has 0 aromatic carbocycles. The second-order valence-corrected chi connectivity index (χ2v) is 1.67. The number of H-pyrrole nitrogens is 1. The summed E-state index contributed by atoms with van der Waals surface area (Å²) < 4.78 is 0.780. The molecule has 3 heteroatoms. The molecule has 36 valence electrons. The molecule has 0 aliphatic heterocycles. The van der Waals surface area contributed by atoms with E-state index in [0.717, 1.165) is 4.64 Å². The molecule has 1 heterocycles. The SMILES string of the molecule is S=c1cccc[nH]1.[Cd+2]. The summed E-state index contributed by atoms with van der Waals surface area (Å²) in [6, 6.07) is 5.64. The Morgan fingerprint density at radius 1 is 1.38 bits per heavy atom. The summed E-state index contributed by atoms with van der Waals surface area (Å²) in [5.74, 6) is 0. The van der Waals surface area contributed by atoms with E-state index in [9.17, 15) is 0 Å². The van der Waals surface area contributed by atoms with Crippen molar-refractivity contribution in [2.45, 2.75) is 0 Å². The van der Waals surface area contributed by atoms with E-state index in [1.54, 1.807) is 0 Å². The largest absolute Gasteiger partial charge is 2.00 e. The molecule has 0 bridgehead atoms. The first-order chi connectivity index (χ1) is 3.39. The molecular weight excluding hydrogens is 219 g/mol. The molecule has 8 heavy (non-hydrogen) atoms. The van der Waals surface area contributed by atoms with Gasteiger partial charge in [0.25, 0.3) is 0 Å². The number of nitrogens with one attached hydrogen (secondary N) is 1. The number of aromatic nitrogens is 1. The van der Waals surface area contributed by atoms with Gasteiger partial charge >= 0.3 is 27.3 Å². The fourth-order valence-corrected chi connectivity index (χ4v) is 0.523. The van der Waals surface area contributed by atoms with Gasteiger partial charge in [0.2, 0.25) is 0 Å². The summed E-state index contributed by atoms with van der Waals surface area (Å²) >= 11 is 4.76. The Morgan fingerprint density at radius 3 is 2.38 bits per heavy atom. The van der Waals surface area contributed by atoms with E-state index in [2.05, 4.69) is 4.98 Å². The van der Waals surface area contributed by atoms with Gasteiger partial charge in [0.05, 0.1) is 0 Å². The second kappa shape index (κ2) is 4.20. The quantitative estimate of drug-likeness (QED) is 0.523. The number of hydrogen-bond donors (Lipinski definition) is 1. The van der Waals surface area contributed by atoms with Gasteiger partial charge in [-0.05, 0) is 12.1 Å². The van der Waals surface area contributed by atoms with Gasteiger partial charge in [0.1, 0.15) is 4.64 Å². The van der Waals surface area contributed by atoms with Crippen LogP contribution >= 0.6 is 12.2 Å². The first-order valence-corrected chi connectivity index (χ1v) is 2.44. The summed E-state index contributed by atoms with van der Waals surface area (Å²) in [6.07, 6.45) is 1.81. The fraction of sp³-hybridized carbons (Fsp3) is 0.